The summed E-state index contributed by atoms with van der Waals surface area (Å²) >= 11 is 5.00. The molecule has 1 aliphatic rings. The zero-order valence-corrected chi connectivity index (χ0v) is 5.58. The molecule has 0 nitrogen and oxygen atoms in total. The lowest BCUT2D eigenvalue weighted by Crippen LogP contribution is -2.14. The van der Waals surface area contributed by atoms with E-state index in [9.17, 15) is 13.2 Å². The Bertz CT molecular complexity index is 195. The maximum absolute atomic E-state index is 12.5. The highest BCUT2D eigenvalue weighted by Gasteiger charge is 2.27. The number of hydrogen-bond donors (Lipinski definition) is 0. The summed E-state index contributed by atoms with van der Waals surface area (Å²) in [6.45, 7) is 0. The minimum Gasteiger partial charge on any atom is -0.235 e. The summed E-state index contributed by atoms with van der Waals surface area (Å²) in [5, 5.41) is -2.35. The minimum absolute atomic E-state index is 0.402. The van der Waals surface area contributed by atoms with Crippen LogP contribution in [0.5, 0.6) is 0 Å². The molecular weight excluding hydrogens is 165 g/mol. The summed E-state index contributed by atoms with van der Waals surface area (Å²) in [7, 11) is 0. The number of rotatable bonds is 0. The van der Waals surface area contributed by atoms with Gasteiger partial charge in [0.2, 0.25) is 5.13 Å². The Morgan fingerprint density at radius 1 is 1.60 bits per heavy atom. The van der Waals surface area contributed by atoms with Gasteiger partial charge in [0, 0.05) is 6.08 Å². The molecule has 0 aliphatic heterocycles. The lowest BCUT2D eigenvalue weighted by Gasteiger charge is -2.13. The van der Waals surface area contributed by atoms with E-state index in [1.807, 2.05) is 0 Å². The summed E-state index contributed by atoms with van der Waals surface area (Å²) in [5.41, 5.74) is 0. The molecule has 0 N–H and O–H groups in total. The highest BCUT2D eigenvalue weighted by atomic mass is 35.5. The van der Waals surface area contributed by atoms with Gasteiger partial charge in [-0.1, -0.05) is 11.6 Å². The van der Waals surface area contributed by atoms with Crippen LogP contribution in [-0.4, -0.2) is 11.3 Å². The van der Waals surface area contributed by atoms with E-state index in [0.29, 0.717) is 6.08 Å². The first-order valence-electron chi connectivity index (χ1n) is 2.61. The first kappa shape index (κ1) is 7.66. The van der Waals surface area contributed by atoms with Crippen LogP contribution in [0.25, 0.3) is 0 Å². The van der Waals surface area contributed by atoms with Gasteiger partial charge in [0.25, 0.3) is 0 Å². The Morgan fingerprint density at radius 3 is 2.60 bits per heavy atom. The summed E-state index contributed by atoms with van der Waals surface area (Å²) in [6, 6.07) is 0. The van der Waals surface area contributed by atoms with Crippen molar-refractivity contribution in [1.29, 1.82) is 0 Å². The Morgan fingerprint density at radius 2 is 2.20 bits per heavy atom. The molecule has 0 bridgehead atoms. The van der Waals surface area contributed by atoms with Gasteiger partial charge in [0.1, 0.15) is 5.83 Å². The maximum Gasteiger partial charge on any atom is 0.223 e. The van der Waals surface area contributed by atoms with Crippen molar-refractivity contribution in [2.75, 3.05) is 0 Å². The van der Waals surface area contributed by atoms with Crippen molar-refractivity contribution in [2.45, 2.75) is 11.3 Å². The molecule has 0 saturated carbocycles. The van der Waals surface area contributed by atoms with Crippen molar-refractivity contribution < 1.29 is 13.2 Å². The van der Waals surface area contributed by atoms with Crippen LogP contribution in [0.4, 0.5) is 13.2 Å². The highest BCUT2D eigenvalue weighted by Crippen LogP contribution is 2.29. The molecule has 2 unspecified atom stereocenters. The van der Waals surface area contributed by atoms with Crippen molar-refractivity contribution in [3.8, 4) is 0 Å². The second-order valence-corrected chi connectivity index (χ2v) is 2.54. The van der Waals surface area contributed by atoms with Crippen LogP contribution in [-0.2, 0) is 0 Å². The van der Waals surface area contributed by atoms with Crippen molar-refractivity contribution in [2.24, 2.45) is 0 Å². The fourth-order valence-electron chi connectivity index (χ4n) is 0.616. The lowest BCUT2D eigenvalue weighted by molar-refractivity contribution is 0.340. The molecule has 4 heteroatoms. The number of allylic oxidation sites excluding steroid dienone is 4. The van der Waals surface area contributed by atoms with Gasteiger partial charge >= 0.3 is 0 Å². The molecule has 0 aromatic carbocycles. The molecule has 0 aromatic heterocycles. The first-order valence-corrected chi connectivity index (χ1v) is 2.98. The van der Waals surface area contributed by atoms with Gasteiger partial charge < -0.3 is 0 Å². The van der Waals surface area contributed by atoms with Gasteiger partial charge in [-0.2, -0.15) is 0 Å². The Labute approximate surface area is 61.0 Å². The van der Waals surface area contributed by atoms with Gasteiger partial charge in [0.05, 0.1) is 0 Å². The molecule has 0 radical (unpaired) electrons. The van der Waals surface area contributed by atoms with E-state index >= 15 is 0 Å². The van der Waals surface area contributed by atoms with Gasteiger partial charge in [-0.05, 0) is 12.2 Å². The predicted octanol–water partition coefficient (Wildman–Crippen LogP) is 2.65. The van der Waals surface area contributed by atoms with Crippen LogP contribution in [0.3, 0.4) is 0 Å². The first-order chi connectivity index (χ1) is 4.51. The van der Waals surface area contributed by atoms with Gasteiger partial charge in [-0.25, -0.2) is 13.2 Å². The van der Waals surface area contributed by atoms with E-state index in [0.717, 1.165) is 12.2 Å². The second kappa shape index (κ2) is 2.31. The van der Waals surface area contributed by atoms with Crippen molar-refractivity contribution >= 4 is 11.6 Å². The molecule has 2 atom stereocenters. The summed E-state index contributed by atoms with van der Waals surface area (Å²) in [6.07, 6.45) is 0.0618. The number of hydrogen-bond acceptors (Lipinski definition) is 0. The molecule has 56 valence electrons. The zero-order chi connectivity index (χ0) is 7.78. The fraction of sp³-hybridized carbons (Fsp3) is 0.333. The molecule has 0 amide bonds. The molecule has 10 heavy (non-hydrogen) atoms. The van der Waals surface area contributed by atoms with E-state index in [-0.39, 0.29) is 0 Å². The molecule has 1 rings (SSSR count). The van der Waals surface area contributed by atoms with E-state index in [4.69, 9.17) is 11.6 Å². The van der Waals surface area contributed by atoms with Gasteiger partial charge in [-0.15, -0.1) is 0 Å². The van der Waals surface area contributed by atoms with E-state index in [1.54, 1.807) is 0 Å². The van der Waals surface area contributed by atoms with E-state index in [2.05, 4.69) is 0 Å². The zero-order valence-electron chi connectivity index (χ0n) is 4.82. The van der Waals surface area contributed by atoms with Gasteiger partial charge in [-0.3, -0.25) is 0 Å². The van der Waals surface area contributed by atoms with Crippen molar-refractivity contribution in [1.82, 2.24) is 0 Å². The standard InChI is InChI=1S/C6H4ClF3/c7-6(10)2-1-4(8)5(9)3-6/h1-4H. The van der Waals surface area contributed by atoms with Crippen LogP contribution < -0.4 is 0 Å². The Balaban J connectivity index is 2.85. The summed E-state index contributed by atoms with van der Waals surface area (Å²) in [5.74, 6) is -1.18. The Kier molecular flexibility index (Phi) is 1.77. The molecule has 0 fully saturated rings. The second-order valence-electron chi connectivity index (χ2n) is 1.96. The predicted molar refractivity (Wildman–Crippen MR) is 32.9 cm³/mol. The minimum atomic E-state index is -2.35. The quantitative estimate of drug-likeness (QED) is 0.385. The monoisotopic (exact) mass is 168 g/mol. The fourth-order valence-corrected chi connectivity index (χ4v) is 0.793. The van der Waals surface area contributed by atoms with Crippen molar-refractivity contribution in [3.05, 3.63) is 24.1 Å². The SMILES string of the molecule is FC1=CC(F)(Cl)C=CC1F. The van der Waals surface area contributed by atoms with Crippen LogP contribution in [0.1, 0.15) is 0 Å². The molecule has 1 aliphatic carbocycles. The molecule has 0 spiro atoms. The number of halogens is 4. The van der Waals surface area contributed by atoms with Crippen LogP contribution in [0.15, 0.2) is 24.1 Å². The third kappa shape index (κ3) is 1.53. The molecular formula is C6H4ClF3. The maximum atomic E-state index is 12.5. The average molecular weight is 169 g/mol. The largest absolute Gasteiger partial charge is 0.235 e. The smallest absolute Gasteiger partial charge is 0.223 e. The number of alkyl halides is 3. The highest BCUT2D eigenvalue weighted by molar-refractivity contribution is 6.25. The normalized spacial score (nSPS) is 39.6. The van der Waals surface area contributed by atoms with Gasteiger partial charge in [0.15, 0.2) is 6.17 Å². The third-order valence-electron chi connectivity index (χ3n) is 1.08. The van der Waals surface area contributed by atoms with Crippen LogP contribution in [0, 0.1) is 0 Å². The van der Waals surface area contributed by atoms with E-state index in [1.165, 1.54) is 0 Å². The average Bonchev–Trinajstić information content (AvgIpc) is 1.79. The third-order valence-corrected chi connectivity index (χ3v) is 1.32. The van der Waals surface area contributed by atoms with Crippen LogP contribution in [0.2, 0.25) is 0 Å². The molecule has 0 saturated heterocycles. The van der Waals surface area contributed by atoms with Crippen LogP contribution >= 0.6 is 11.6 Å². The lowest BCUT2D eigenvalue weighted by atomic mass is 10.1. The molecule has 0 heterocycles. The Hall–Kier alpha value is -0.440. The topological polar surface area (TPSA) is 0 Å². The van der Waals surface area contributed by atoms with E-state index < -0.39 is 17.1 Å². The summed E-state index contributed by atoms with van der Waals surface area (Å²) < 4.78 is 36.8. The van der Waals surface area contributed by atoms with Crippen molar-refractivity contribution in [3.63, 3.8) is 0 Å². The molecule has 0 aromatic rings. The summed E-state index contributed by atoms with van der Waals surface area (Å²) in [4.78, 5) is 0.